The smallest absolute Gasteiger partial charge is 0.388 e. The summed E-state index contributed by atoms with van der Waals surface area (Å²) in [5, 5.41) is 13.4. The number of pyridine rings is 1. The molecule has 200 valence electrons. The standard InChI is InChI=1S/C21H15F3N4O.C6H6O3S/c22-21(23,24)15-5-7-16(8-6-15)26-19-11-18(27-20(12-29)28-19)14-4-3-13-2-1-9-25-17(13)10-14;7-10(8,9)6-4-2-1-3-5-6/h1-11,29H,12H2,(H,26,27,28);1-5H,(H,7,8,9). The number of benzene rings is 3. The zero-order valence-corrected chi connectivity index (χ0v) is 20.9. The third kappa shape index (κ3) is 7.35. The molecule has 2 aromatic heterocycles. The van der Waals surface area contributed by atoms with E-state index in [4.69, 9.17) is 4.55 Å². The van der Waals surface area contributed by atoms with Crippen LogP contribution in [-0.2, 0) is 22.9 Å². The number of aromatic nitrogens is 3. The molecule has 0 unspecified atom stereocenters. The molecule has 0 aliphatic rings. The van der Waals surface area contributed by atoms with Gasteiger partial charge in [0.1, 0.15) is 12.4 Å². The topological polar surface area (TPSA) is 125 Å². The van der Waals surface area contributed by atoms with Gasteiger partial charge in [0.15, 0.2) is 5.82 Å². The number of nitrogens with one attached hydrogen (secondary N) is 1. The van der Waals surface area contributed by atoms with Crippen molar-refractivity contribution in [3.05, 3.63) is 109 Å². The summed E-state index contributed by atoms with van der Waals surface area (Å²) in [5.41, 5.74) is 1.85. The lowest BCUT2D eigenvalue weighted by Gasteiger charge is -2.11. The molecule has 5 rings (SSSR count). The van der Waals surface area contributed by atoms with Crippen molar-refractivity contribution in [2.75, 3.05) is 5.32 Å². The van der Waals surface area contributed by atoms with Crippen LogP contribution in [0.2, 0.25) is 0 Å². The molecule has 3 N–H and O–H groups in total. The summed E-state index contributed by atoms with van der Waals surface area (Å²) < 4.78 is 67.4. The minimum Gasteiger partial charge on any atom is -0.388 e. The fourth-order valence-electron chi connectivity index (χ4n) is 3.49. The molecule has 3 aromatic carbocycles. The highest BCUT2D eigenvalue weighted by Gasteiger charge is 2.29. The van der Waals surface area contributed by atoms with Crippen LogP contribution in [0.4, 0.5) is 24.7 Å². The molecule has 0 saturated carbocycles. The maximum absolute atomic E-state index is 12.7. The normalized spacial score (nSPS) is 11.5. The Bertz CT molecular complexity index is 1680. The average Bonchev–Trinajstić information content (AvgIpc) is 2.93. The van der Waals surface area contributed by atoms with Crippen LogP contribution in [-0.4, -0.2) is 33.0 Å². The van der Waals surface area contributed by atoms with E-state index >= 15 is 0 Å². The number of alkyl halides is 3. The van der Waals surface area contributed by atoms with Gasteiger partial charge in [-0.1, -0.05) is 36.4 Å². The number of rotatable bonds is 5. The van der Waals surface area contributed by atoms with Crippen LogP contribution in [0, 0.1) is 0 Å². The van der Waals surface area contributed by atoms with E-state index < -0.39 is 21.9 Å². The maximum Gasteiger partial charge on any atom is 0.416 e. The summed E-state index contributed by atoms with van der Waals surface area (Å²) in [6, 6.07) is 23.2. The molecule has 0 amide bonds. The molecule has 0 radical (unpaired) electrons. The van der Waals surface area contributed by atoms with E-state index in [1.165, 1.54) is 24.3 Å². The number of halogens is 3. The van der Waals surface area contributed by atoms with Gasteiger partial charge in [-0.15, -0.1) is 0 Å². The minimum atomic E-state index is -4.39. The molecule has 12 heteroatoms. The monoisotopic (exact) mass is 554 g/mol. The first-order valence-electron chi connectivity index (χ1n) is 11.3. The first kappa shape index (κ1) is 27.6. The molecule has 0 fully saturated rings. The van der Waals surface area contributed by atoms with Gasteiger partial charge in [-0.2, -0.15) is 21.6 Å². The third-order valence-electron chi connectivity index (χ3n) is 5.34. The van der Waals surface area contributed by atoms with Crippen LogP contribution < -0.4 is 5.32 Å². The third-order valence-corrected chi connectivity index (χ3v) is 6.21. The predicted molar refractivity (Wildman–Crippen MR) is 140 cm³/mol. The Kier molecular flexibility index (Phi) is 8.19. The summed E-state index contributed by atoms with van der Waals surface area (Å²) in [7, 11) is -4.00. The number of aliphatic hydroxyl groups excluding tert-OH is 1. The van der Waals surface area contributed by atoms with Crippen LogP contribution in [0.25, 0.3) is 22.2 Å². The highest BCUT2D eigenvalue weighted by molar-refractivity contribution is 7.85. The van der Waals surface area contributed by atoms with Gasteiger partial charge in [-0.3, -0.25) is 9.54 Å². The number of aliphatic hydroxyl groups is 1. The van der Waals surface area contributed by atoms with Crippen molar-refractivity contribution in [3.63, 3.8) is 0 Å². The van der Waals surface area contributed by atoms with Gasteiger partial charge < -0.3 is 10.4 Å². The Morgan fingerprint density at radius 2 is 1.56 bits per heavy atom. The first-order valence-corrected chi connectivity index (χ1v) is 12.8. The molecule has 0 aliphatic heterocycles. The molecule has 2 heterocycles. The fourth-order valence-corrected chi connectivity index (χ4v) is 3.99. The summed E-state index contributed by atoms with van der Waals surface area (Å²) in [6.45, 7) is -0.374. The number of anilines is 2. The van der Waals surface area contributed by atoms with Gasteiger partial charge in [-0.25, -0.2) is 9.97 Å². The molecular formula is C27H21F3N4O4S. The van der Waals surface area contributed by atoms with Crippen LogP contribution in [0.15, 0.2) is 102 Å². The highest BCUT2D eigenvalue weighted by atomic mass is 32.2. The van der Waals surface area contributed by atoms with Crippen molar-refractivity contribution >= 4 is 32.5 Å². The van der Waals surface area contributed by atoms with Crippen molar-refractivity contribution in [2.45, 2.75) is 17.7 Å². The Morgan fingerprint density at radius 1 is 0.846 bits per heavy atom. The van der Waals surface area contributed by atoms with Crippen LogP contribution in [0.1, 0.15) is 11.4 Å². The van der Waals surface area contributed by atoms with Crippen molar-refractivity contribution in [2.24, 2.45) is 0 Å². The summed E-state index contributed by atoms with van der Waals surface area (Å²) in [4.78, 5) is 12.8. The lowest BCUT2D eigenvalue weighted by atomic mass is 10.1. The van der Waals surface area contributed by atoms with E-state index in [0.717, 1.165) is 28.6 Å². The van der Waals surface area contributed by atoms with Crippen LogP contribution in [0.5, 0.6) is 0 Å². The van der Waals surface area contributed by atoms with Crippen molar-refractivity contribution in [1.82, 2.24) is 15.0 Å². The SMILES string of the molecule is O=S(=O)(O)c1ccccc1.OCc1nc(Nc2ccc(C(F)(F)F)cc2)cc(-c2ccc3cccnc3c2)n1. The van der Waals surface area contributed by atoms with E-state index in [9.17, 15) is 26.7 Å². The number of hydrogen-bond acceptors (Lipinski definition) is 7. The lowest BCUT2D eigenvalue weighted by molar-refractivity contribution is -0.137. The van der Waals surface area contributed by atoms with E-state index in [-0.39, 0.29) is 17.3 Å². The Labute approximate surface area is 221 Å². The number of fused-ring (bicyclic) bond motifs is 1. The molecule has 0 spiro atoms. The van der Waals surface area contributed by atoms with Crippen LogP contribution in [0.3, 0.4) is 0 Å². The number of nitrogens with zero attached hydrogens (tertiary/aromatic N) is 3. The van der Waals surface area contributed by atoms with Gasteiger partial charge in [0, 0.05) is 28.9 Å². The van der Waals surface area contributed by atoms with Gasteiger partial charge in [0.2, 0.25) is 0 Å². The predicted octanol–water partition coefficient (Wildman–Crippen LogP) is 5.88. The van der Waals surface area contributed by atoms with E-state index in [1.54, 1.807) is 30.5 Å². The van der Waals surface area contributed by atoms with E-state index in [0.29, 0.717) is 17.2 Å². The van der Waals surface area contributed by atoms with Crippen molar-refractivity contribution < 1.29 is 31.2 Å². The molecule has 0 aliphatic carbocycles. The van der Waals surface area contributed by atoms with Gasteiger partial charge in [0.05, 0.1) is 21.7 Å². The second-order valence-corrected chi connectivity index (χ2v) is 9.53. The molecule has 0 saturated heterocycles. The second-order valence-electron chi connectivity index (χ2n) is 8.11. The van der Waals surface area contributed by atoms with Gasteiger partial charge in [0.25, 0.3) is 10.1 Å². The summed E-state index contributed by atoms with van der Waals surface area (Å²) >= 11 is 0. The molecule has 8 nitrogen and oxygen atoms in total. The lowest BCUT2D eigenvalue weighted by Crippen LogP contribution is -2.05. The van der Waals surface area contributed by atoms with Crippen LogP contribution >= 0.6 is 0 Å². The molecule has 5 aromatic rings. The van der Waals surface area contributed by atoms with Crippen molar-refractivity contribution in [3.8, 4) is 11.3 Å². The average molecular weight is 555 g/mol. The van der Waals surface area contributed by atoms with E-state index in [2.05, 4.69) is 20.3 Å². The Hall–Kier alpha value is -4.39. The maximum atomic E-state index is 12.7. The summed E-state index contributed by atoms with van der Waals surface area (Å²) in [6.07, 6.45) is -2.70. The van der Waals surface area contributed by atoms with Gasteiger partial charge in [-0.05, 0) is 48.5 Å². The second kappa shape index (κ2) is 11.6. The first-order chi connectivity index (χ1) is 18.5. The molecule has 0 atom stereocenters. The molecule has 39 heavy (non-hydrogen) atoms. The highest BCUT2D eigenvalue weighted by Crippen LogP contribution is 2.31. The van der Waals surface area contributed by atoms with Crippen molar-refractivity contribution in [1.29, 1.82) is 0 Å². The minimum absolute atomic E-state index is 0.0741. The number of hydrogen-bond donors (Lipinski definition) is 3. The van der Waals surface area contributed by atoms with Gasteiger partial charge >= 0.3 is 6.18 Å². The zero-order chi connectivity index (χ0) is 28.0. The quantitative estimate of drug-likeness (QED) is 0.230. The van der Waals surface area contributed by atoms with E-state index in [1.807, 2.05) is 30.3 Å². The molecular weight excluding hydrogens is 533 g/mol. The Morgan fingerprint density at radius 3 is 2.18 bits per heavy atom. The molecule has 0 bridgehead atoms. The Balaban J connectivity index is 0.000000298. The zero-order valence-electron chi connectivity index (χ0n) is 20.0. The summed E-state index contributed by atoms with van der Waals surface area (Å²) in [5.74, 6) is 0.554. The largest absolute Gasteiger partial charge is 0.416 e. The fraction of sp³-hybridized carbons (Fsp3) is 0.0741.